The van der Waals surface area contributed by atoms with Gasteiger partial charge in [0, 0.05) is 18.3 Å². The molecule has 1 atom stereocenters. The zero-order chi connectivity index (χ0) is 17.1. The monoisotopic (exact) mass is 339 g/mol. The molecule has 0 saturated carbocycles. The Kier molecular flexibility index (Phi) is 4.52. The fourth-order valence-corrected chi connectivity index (χ4v) is 3.48. The molecule has 0 spiro atoms. The molecule has 6 nitrogen and oxygen atoms in total. The van der Waals surface area contributed by atoms with Gasteiger partial charge in [-0.1, -0.05) is 18.2 Å². The maximum atomic E-state index is 12.2. The summed E-state index contributed by atoms with van der Waals surface area (Å²) in [5.41, 5.74) is 1.29. The van der Waals surface area contributed by atoms with Crippen LogP contribution in [-0.4, -0.2) is 49.7 Å². The van der Waals surface area contributed by atoms with Gasteiger partial charge >= 0.3 is 0 Å². The first kappa shape index (κ1) is 15.9. The van der Waals surface area contributed by atoms with Crippen LogP contribution in [0, 0.1) is 0 Å². The Hall–Kier alpha value is -2.60. The first-order chi connectivity index (χ1) is 12.3. The van der Waals surface area contributed by atoms with Crippen molar-refractivity contribution in [3.63, 3.8) is 0 Å². The number of para-hydroxylation sites is 1. The normalized spacial score (nSPS) is 20.6. The van der Waals surface area contributed by atoms with E-state index >= 15 is 0 Å². The van der Waals surface area contributed by atoms with Crippen LogP contribution in [0.4, 0.5) is 11.5 Å². The van der Waals surface area contributed by atoms with Crippen molar-refractivity contribution < 1.29 is 14.4 Å². The lowest BCUT2D eigenvalue weighted by Gasteiger charge is -2.34. The Bertz CT molecular complexity index is 729. The molecule has 1 saturated heterocycles. The summed E-state index contributed by atoms with van der Waals surface area (Å²) in [7, 11) is 0. The lowest BCUT2D eigenvalue weighted by molar-refractivity contribution is -0.901. The Labute approximate surface area is 147 Å². The molecule has 2 aliphatic heterocycles. The number of nitrogens with one attached hydrogen (secondary N) is 2. The maximum absolute atomic E-state index is 12.2. The van der Waals surface area contributed by atoms with Crippen LogP contribution in [0.5, 0.6) is 5.75 Å². The van der Waals surface area contributed by atoms with Gasteiger partial charge in [-0.15, -0.1) is 0 Å². The summed E-state index contributed by atoms with van der Waals surface area (Å²) in [4.78, 5) is 20.3. The molecule has 4 rings (SSSR count). The zero-order valence-electron chi connectivity index (χ0n) is 14.1. The summed E-state index contributed by atoms with van der Waals surface area (Å²) in [6.45, 7) is 5.20. The molecule has 0 bridgehead atoms. The minimum absolute atomic E-state index is 0.0893. The van der Waals surface area contributed by atoms with Gasteiger partial charge in [0.05, 0.1) is 32.7 Å². The van der Waals surface area contributed by atoms with E-state index in [0.29, 0.717) is 11.6 Å². The van der Waals surface area contributed by atoms with Gasteiger partial charge < -0.3 is 19.9 Å². The molecule has 1 aromatic carbocycles. The number of piperazine rings is 1. The van der Waals surface area contributed by atoms with Gasteiger partial charge in [0.25, 0.3) is 5.91 Å². The number of quaternary nitrogens is 1. The highest BCUT2D eigenvalue weighted by Crippen LogP contribution is 2.27. The number of fused-ring (bicyclic) bond motifs is 1. The van der Waals surface area contributed by atoms with Gasteiger partial charge in [0.15, 0.2) is 17.7 Å². The molecule has 1 aromatic heterocycles. The van der Waals surface area contributed by atoms with Crippen molar-refractivity contribution in [2.24, 2.45) is 0 Å². The van der Waals surface area contributed by atoms with E-state index in [1.807, 2.05) is 18.2 Å². The molecule has 130 valence electrons. The van der Waals surface area contributed by atoms with E-state index in [2.05, 4.69) is 39.5 Å². The van der Waals surface area contributed by atoms with Crippen molar-refractivity contribution in [1.29, 1.82) is 0 Å². The molecule has 2 aliphatic rings. The summed E-state index contributed by atoms with van der Waals surface area (Å²) in [5.74, 6) is 1.09. The number of anilines is 2. The fraction of sp³-hybridized carbons (Fsp3) is 0.368. The first-order valence-electron chi connectivity index (χ1n) is 8.86. The van der Waals surface area contributed by atoms with E-state index in [1.54, 1.807) is 6.20 Å². The molecule has 2 aromatic rings. The second kappa shape index (κ2) is 7.11. The molecule has 0 aliphatic carbocycles. The van der Waals surface area contributed by atoms with E-state index in [1.165, 1.54) is 10.6 Å². The summed E-state index contributed by atoms with van der Waals surface area (Å²) in [6.07, 6.45) is 1.95. The van der Waals surface area contributed by atoms with Gasteiger partial charge in [-0.3, -0.25) is 4.79 Å². The number of hydrogen-bond acceptors (Lipinski definition) is 4. The molecule has 3 heterocycles. The highest BCUT2D eigenvalue weighted by atomic mass is 16.5. The number of benzene rings is 1. The first-order valence-corrected chi connectivity index (χ1v) is 8.86. The van der Waals surface area contributed by atoms with E-state index in [4.69, 9.17) is 4.74 Å². The quantitative estimate of drug-likeness (QED) is 0.855. The number of nitrogens with zero attached hydrogens (tertiary/aromatic N) is 2. The molecular formula is C19H23N4O2+. The molecule has 0 unspecified atom stereocenters. The van der Waals surface area contributed by atoms with Crippen LogP contribution in [0.15, 0.2) is 48.7 Å². The summed E-state index contributed by atoms with van der Waals surface area (Å²) < 4.78 is 5.83. The number of amides is 1. The second-order valence-electron chi connectivity index (χ2n) is 6.56. The molecular weight excluding hydrogens is 316 g/mol. The number of pyridine rings is 1. The van der Waals surface area contributed by atoms with Crippen LogP contribution in [-0.2, 0) is 4.79 Å². The number of hydrogen-bond donors (Lipinski definition) is 2. The topological polar surface area (TPSA) is 58.9 Å². The minimum atomic E-state index is -0.420. The van der Waals surface area contributed by atoms with Crippen molar-refractivity contribution in [1.82, 2.24) is 4.98 Å². The van der Waals surface area contributed by atoms with E-state index < -0.39 is 6.10 Å². The van der Waals surface area contributed by atoms with Gasteiger partial charge in [-0.05, 0) is 24.3 Å². The van der Waals surface area contributed by atoms with Crippen molar-refractivity contribution in [3.8, 4) is 5.75 Å². The van der Waals surface area contributed by atoms with Crippen LogP contribution in [0.25, 0.3) is 0 Å². The third-order valence-electron chi connectivity index (χ3n) is 4.93. The summed E-state index contributed by atoms with van der Waals surface area (Å²) in [5, 5.41) is 2.83. The Morgan fingerprint density at radius 2 is 1.96 bits per heavy atom. The molecule has 25 heavy (non-hydrogen) atoms. The van der Waals surface area contributed by atoms with E-state index in [0.717, 1.165) is 39.1 Å². The number of carbonyl (C=O) groups excluding carboxylic acids is 1. The lowest BCUT2D eigenvalue weighted by atomic mass is 10.1. The van der Waals surface area contributed by atoms with Crippen molar-refractivity contribution in [2.75, 3.05) is 42.9 Å². The number of aromatic nitrogens is 1. The molecule has 2 N–H and O–H groups in total. The van der Waals surface area contributed by atoms with Crippen molar-refractivity contribution in [3.05, 3.63) is 48.7 Å². The zero-order valence-corrected chi connectivity index (χ0v) is 14.1. The molecule has 0 radical (unpaired) electrons. The Morgan fingerprint density at radius 1 is 1.16 bits per heavy atom. The van der Waals surface area contributed by atoms with Crippen LogP contribution in [0.3, 0.4) is 0 Å². The van der Waals surface area contributed by atoms with Crippen LogP contribution >= 0.6 is 0 Å². The highest BCUT2D eigenvalue weighted by molar-refractivity contribution is 5.96. The third-order valence-corrected chi connectivity index (χ3v) is 4.93. The van der Waals surface area contributed by atoms with Crippen molar-refractivity contribution in [2.45, 2.75) is 12.5 Å². The Morgan fingerprint density at radius 3 is 2.76 bits per heavy atom. The average Bonchev–Trinajstić information content (AvgIpc) is 2.67. The SMILES string of the molecule is O=C1Nc2ncccc2O[C@@H]1CC[NH+]1CCN(c2ccccc2)CC1. The largest absolute Gasteiger partial charge is 0.476 e. The molecule has 6 heteroatoms. The standard InChI is InChI=1S/C19H22N4O2/c24-19-17(25-16-7-4-9-20-18(16)21-19)8-10-22-11-13-23(14-12-22)15-5-2-1-3-6-15/h1-7,9,17H,8,10-14H2,(H,20,21,24)/p+1/t17-/m1/s1. The average molecular weight is 339 g/mol. The molecule has 1 fully saturated rings. The summed E-state index contributed by atoms with van der Waals surface area (Å²) >= 11 is 0. The summed E-state index contributed by atoms with van der Waals surface area (Å²) in [6, 6.07) is 14.2. The Balaban J connectivity index is 1.28. The van der Waals surface area contributed by atoms with Gasteiger partial charge in [-0.2, -0.15) is 0 Å². The molecule has 1 amide bonds. The second-order valence-corrected chi connectivity index (χ2v) is 6.56. The maximum Gasteiger partial charge on any atom is 0.266 e. The number of carbonyl (C=O) groups is 1. The highest BCUT2D eigenvalue weighted by Gasteiger charge is 2.30. The third kappa shape index (κ3) is 3.58. The predicted octanol–water partition coefficient (Wildman–Crippen LogP) is 0.576. The van der Waals surface area contributed by atoms with E-state index in [-0.39, 0.29) is 5.91 Å². The number of rotatable bonds is 4. The predicted molar refractivity (Wildman–Crippen MR) is 96.1 cm³/mol. The minimum Gasteiger partial charge on any atom is -0.476 e. The van der Waals surface area contributed by atoms with Crippen molar-refractivity contribution >= 4 is 17.4 Å². The van der Waals surface area contributed by atoms with E-state index in [9.17, 15) is 4.79 Å². The van der Waals surface area contributed by atoms with Gasteiger partial charge in [-0.25, -0.2) is 4.98 Å². The van der Waals surface area contributed by atoms with Crippen LogP contribution in [0.1, 0.15) is 6.42 Å². The van der Waals surface area contributed by atoms with Crippen LogP contribution < -0.4 is 19.9 Å². The number of ether oxygens (including phenoxy) is 1. The lowest BCUT2D eigenvalue weighted by Crippen LogP contribution is -3.15. The van der Waals surface area contributed by atoms with Crippen LogP contribution in [0.2, 0.25) is 0 Å². The van der Waals surface area contributed by atoms with Gasteiger partial charge in [0.2, 0.25) is 0 Å². The fourth-order valence-electron chi connectivity index (χ4n) is 3.48. The smallest absolute Gasteiger partial charge is 0.266 e. The van der Waals surface area contributed by atoms with Gasteiger partial charge in [0.1, 0.15) is 0 Å².